The number of methoxy groups -OCH3 is 2. The molecular formula is C26H23N3O4. The van der Waals surface area contributed by atoms with Crippen LogP contribution in [0.15, 0.2) is 67.0 Å². The summed E-state index contributed by atoms with van der Waals surface area (Å²) in [5.41, 5.74) is 4.23. The molecule has 0 saturated heterocycles. The molecule has 7 heteroatoms. The molecule has 0 atom stereocenters. The number of hydrogen-bond donors (Lipinski definition) is 2. The average Bonchev–Trinajstić information content (AvgIpc) is 2.83. The number of carbonyl (C=O) groups is 1. The summed E-state index contributed by atoms with van der Waals surface area (Å²) in [5, 5.41) is 13.8. The zero-order valence-corrected chi connectivity index (χ0v) is 18.5. The van der Waals surface area contributed by atoms with Crippen LogP contribution >= 0.6 is 0 Å². The molecule has 0 aliphatic rings. The number of nitrogens with one attached hydrogen (secondary N) is 1. The van der Waals surface area contributed by atoms with Crippen molar-refractivity contribution >= 4 is 40.0 Å². The molecule has 0 unspecified atom stereocenters. The first kappa shape index (κ1) is 21.8. The number of rotatable bonds is 7. The molecule has 1 heterocycles. The summed E-state index contributed by atoms with van der Waals surface area (Å²) in [6.07, 6.45) is 3.14. The summed E-state index contributed by atoms with van der Waals surface area (Å²) in [7, 11) is 3.15. The number of aromatic nitrogens is 2. The van der Waals surface area contributed by atoms with E-state index in [-0.39, 0.29) is 5.57 Å². The van der Waals surface area contributed by atoms with E-state index in [1.165, 1.54) is 6.33 Å². The van der Waals surface area contributed by atoms with Crippen LogP contribution in [-0.2, 0) is 4.79 Å². The van der Waals surface area contributed by atoms with Crippen LogP contribution in [0.3, 0.4) is 0 Å². The van der Waals surface area contributed by atoms with Crippen LogP contribution in [0, 0.1) is 6.92 Å². The Morgan fingerprint density at radius 1 is 0.939 bits per heavy atom. The van der Waals surface area contributed by atoms with E-state index in [0.717, 1.165) is 22.2 Å². The lowest BCUT2D eigenvalue weighted by Crippen LogP contribution is -2.01. The highest BCUT2D eigenvalue weighted by molar-refractivity contribution is 6.20. The SMILES string of the molecule is COc1cc2ncnc(Nc3ccc(/C(=C\c4ccc(C)cc4)C(=O)O)cc3)c2cc1OC. The minimum atomic E-state index is -0.987. The van der Waals surface area contributed by atoms with Gasteiger partial charge in [0, 0.05) is 17.1 Å². The molecule has 166 valence electrons. The molecule has 2 N–H and O–H groups in total. The van der Waals surface area contributed by atoms with Gasteiger partial charge in [-0.15, -0.1) is 0 Å². The molecule has 4 aromatic rings. The third-order valence-corrected chi connectivity index (χ3v) is 5.22. The van der Waals surface area contributed by atoms with Crippen LogP contribution in [0.5, 0.6) is 11.5 Å². The lowest BCUT2D eigenvalue weighted by atomic mass is 10.0. The monoisotopic (exact) mass is 441 g/mol. The van der Waals surface area contributed by atoms with Crippen molar-refractivity contribution in [2.75, 3.05) is 19.5 Å². The second-order valence-corrected chi connectivity index (χ2v) is 7.42. The van der Waals surface area contributed by atoms with Gasteiger partial charge < -0.3 is 19.9 Å². The van der Waals surface area contributed by atoms with Crippen molar-refractivity contribution in [3.63, 3.8) is 0 Å². The molecule has 0 aliphatic heterocycles. The predicted molar refractivity (Wildman–Crippen MR) is 129 cm³/mol. The maximum atomic E-state index is 11.9. The number of nitrogens with zero attached hydrogens (tertiary/aromatic N) is 2. The third kappa shape index (κ3) is 4.77. The minimum absolute atomic E-state index is 0.217. The van der Waals surface area contributed by atoms with Gasteiger partial charge in [0.15, 0.2) is 11.5 Å². The number of carboxylic acids is 1. The molecule has 0 aliphatic carbocycles. The first-order valence-electron chi connectivity index (χ1n) is 10.2. The molecule has 0 radical (unpaired) electrons. The molecule has 0 saturated carbocycles. The number of hydrogen-bond acceptors (Lipinski definition) is 6. The van der Waals surface area contributed by atoms with Gasteiger partial charge >= 0.3 is 5.97 Å². The Morgan fingerprint density at radius 3 is 2.24 bits per heavy atom. The zero-order chi connectivity index (χ0) is 23.4. The molecule has 0 bridgehead atoms. The Bertz CT molecular complexity index is 1330. The molecular weight excluding hydrogens is 418 g/mol. The Kier molecular flexibility index (Phi) is 6.22. The number of benzene rings is 3. The van der Waals surface area contributed by atoms with Gasteiger partial charge in [0.2, 0.25) is 0 Å². The van der Waals surface area contributed by atoms with E-state index in [2.05, 4.69) is 15.3 Å². The molecule has 0 amide bonds. The summed E-state index contributed by atoms with van der Waals surface area (Å²) in [4.78, 5) is 20.6. The van der Waals surface area contributed by atoms with Crippen LogP contribution < -0.4 is 14.8 Å². The van der Waals surface area contributed by atoms with E-state index in [4.69, 9.17) is 9.47 Å². The summed E-state index contributed by atoms with van der Waals surface area (Å²) in [6.45, 7) is 1.99. The molecule has 0 spiro atoms. The maximum absolute atomic E-state index is 11.9. The molecule has 33 heavy (non-hydrogen) atoms. The van der Waals surface area contributed by atoms with Crippen molar-refractivity contribution in [3.05, 3.63) is 83.7 Å². The van der Waals surface area contributed by atoms with Gasteiger partial charge in [-0.3, -0.25) is 0 Å². The lowest BCUT2D eigenvalue weighted by molar-refractivity contribution is -0.130. The fraction of sp³-hybridized carbons (Fsp3) is 0.115. The van der Waals surface area contributed by atoms with Gasteiger partial charge in [-0.25, -0.2) is 14.8 Å². The van der Waals surface area contributed by atoms with E-state index in [1.807, 2.05) is 49.4 Å². The Balaban J connectivity index is 1.64. The van der Waals surface area contributed by atoms with Crippen molar-refractivity contribution in [1.29, 1.82) is 0 Å². The second-order valence-electron chi connectivity index (χ2n) is 7.42. The number of carboxylic acid groups (broad SMARTS) is 1. The summed E-state index contributed by atoms with van der Waals surface area (Å²) < 4.78 is 10.7. The van der Waals surface area contributed by atoms with Gasteiger partial charge in [-0.2, -0.15) is 0 Å². The van der Waals surface area contributed by atoms with Crippen molar-refractivity contribution in [1.82, 2.24) is 9.97 Å². The van der Waals surface area contributed by atoms with Gasteiger partial charge in [0.1, 0.15) is 12.1 Å². The van der Waals surface area contributed by atoms with Crippen LogP contribution in [-0.4, -0.2) is 35.3 Å². The Labute approximate surface area is 191 Å². The van der Waals surface area contributed by atoms with Crippen molar-refractivity contribution in [2.45, 2.75) is 6.92 Å². The van der Waals surface area contributed by atoms with Crippen LogP contribution in [0.1, 0.15) is 16.7 Å². The van der Waals surface area contributed by atoms with Crippen LogP contribution in [0.25, 0.3) is 22.6 Å². The standard InChI is InChI=1S/C26H23N3O4/c1-16-4-6-17(7-5-16)12-20(26(30)31)18-8-10-19(11-9-18)29-25-21-13-23(32-2)24(33-3)14-22(21)27-15-28-25/h4-15H,1-3H3,(H,30,31)(H,27,28,29)/b20-12+. The lowest BCUT2D eigenvalue weighted by Gasteiger charge is -2.12. The largest absolute Gasteiger partial charge is 0.493 e. The van der Waals surface area contributed by atoms with Crippen molar-refractivity contribution < 1.29 is 19.4 Å². The van der Waals surface area contributed by atoms with Crippen LogP contribution in [0.4, 0.5) is 11.5 Å². The number of aliphatic carboxylic acids is 1. The normalized spacial score (nSPS) is 11.3. The fourth-order valence-corrected chi connectivity index (χ4v) is 3.45. The fourth-order valence-electron chi connectivity index (χ4n) is 3.45. The molecule has 1 aromatic heterocycles. The Morgan fingerprint density at radius 2 is 1.61 bits per heavy atom. The first-order valence-corrected chi connectivity index (χ1v) is 10.2. The van der Waals surface area contributed by atoms with E-state index in [1.54, 1.807) is 38.5 Å². The molecule has 0 fully saturated rings. The zero-order valence-electron chi connectivity index (χ0n) is 18.5. The summed E-state index contributed by atoms with van der Waals surface area (Å²) in [5.74, 6) is 0.771. The van der Waals surface area contributed by atoms with Crippen LogP contribution in [0.2, 0.25) is 0 Å². The number of anilines is 2. The number of fused-ring (bicyclic) bond motifs is 1. The minimum Gasteiger partial charge on any atom is -0.493 e. The third-order valence-electron chi connectivity index (χ3n) is 5.22. The average molecular weight is 441 g/mol. The smallest absolute Gasteiger partial charge is 0.336 e. The topological polar surface area (TPSA) is 93.6 Å². The molecule has 4 rings (SSSR count). The molecule has 7 nitrogen and oxygen atoms in total. The maximum Gasteiger partial charge on any atom is 0.336 e. The predicted octanol–water partition coefficient (Wildman–Crippen LogP) is 5.32. The summed E-state index contributed by atoms with van der Waals surface area (Å²) in [6, 6.07) is 18.5. The van der Waals surface area contributed by atoms with Gasteiger partial charge in [-0.1, -0.05) is 42.0 Å². The van der Waals surface area contributed by atoms with Gasteiger partial charge in [0.05, 0.1) is 25.3 Å². The van der Waals surface area contributed by atoms with E-state index < -0.39 is 5.97 Å². The van der Waals surface area contributed by atoms with Gasteiger partial charge in [-0.05, 0) is 42.3 Å². The van der Waals surface area contributed by atoms with E-state index in [9.17, 15) is 9.90 Å². The van der Waals surface area contributed by atoms with Crippen molar-refractivity contribution in [3.8, 4) is 11.5 Å². The first-order chi connectivity index (χ1) is 16.0. The van der Waals surface area contributed by atoms with E-state index >= 15 is 0 Å². The van der Waals surface area contributed by atoms with Crippen molar-refractivity contribution in [2.24, 2.45) is 0 Å². The highest BCUT2D eigenvalue weighted by atomic mass is 16.5. The Hall–Kier alpha value is -4.39. The molecule has 3 aromatic carbocycles. The quantitative estimate of drug-likeness (QED) is 0.296. The highest BCUT2D eigenvalue weighted by Crippen LogP contribution is 2.34. The highest BCUT2D eigenvalue weighted by Gasteiger charge is 2.13. The van der Waals surface area contributed by atoms with E-state index in [0.29, 0.717) is 28.4 Å². The van der Waals surface area contributed by atoms with Gasteiger partial charge in [0.25, 0.3) is 0 Å². The second kappa shape index (κ2) is 9.40. The number of aryl methyl sites for hydroxylation is 1. The number of ether oxygens (including phenoxy) is 2. The summed E-state index contributed by atoms with van der Waals surface area (Å²) >= 11 is 0.